The highest BCUT2D eigenvalue weighted by atomic mass is 19.1. The van der Waals surface area contributed by atoms with Crippen LogP contribution in [0.4, 0.5) is 10.1 Å². The molecule has 2 rings (SSSR count). The van der Waals surface area contributed by atoms with Gasteiger partial charge in [0.25, 0.3) is 0 Å². The molecular weight excluding hydrogens is 317 g/mol. The lowest BCUT2D eigenvalue weighted by molar-refractivity contribution is -0.139. The van der Waals surface area contributed by atoms with E-state index >= 15 is 0 Å². The molecule has 0 atom stereocenters. The van der Waals surface area contributed by atoms with E-state index in [4.69, 9.17) is 14.2 Å². The normalized spacial score (nSPS) is 13.6. The number of carbonyl (C=O) groups excluding carboxylic acids is 2. The van der Waals surface area contributed by atoms with Crippen LogP contribution in [0.2, 0.25) is 0 Å². The fourth-order valence-corrected chi connectivity index (χ4v) is 2.20. The zero-order chi connectivity index (χ0) is 17.7. The lowest BCUT2D eigenvalue weighted by Gasteiger charge is -2.24. The van der Waals surface area contributed by atoms with Crippen LogP contribution >= 0.6 is 0 Å². The summed E-state index contributed by atoms with van der Waals surface area (Å²) in [6, 6.07) is 3.83. The quantitative estimate of drug-likeness (QED) is 0.788. The Labute approximate surface area is 138 Å². The molecule has 0 aromatic heterocycles. The Bertz CT molecular complexity index is 751. The van der Waals surface area contributed by atoms with Gasteiger partial charge in [-0.25, -0.2) is 14.0 Å². The first-order valence-electron chi connectivity index (χ1n) is 6.92. The van der Waals surface area contributed by atoms with Crippen molar-refractivity contribution in [3.8, 4) is 5.75 Å². The van der Waals surface area contributed by atoms with E-state index in [0.717, 1.165) is 0 Å². The summed E-state index contributed by atoms with van der Waals surface area (Å²) < 4.78 is 28.4. The first kappa shape index (κ1) is 17.3. The van der Waals surface area contributed by atoms with Crippen LogP contribution in [0.15, 0.2) is 53.9 Å². The smallest absolute Gasteiger partial charge is 0.355 e. The van der Waals surface area contributed by atoms with Crippen molar-refractivity contribution >= 4 is 17.6 Å². The maximum atomic E-state index is 13.7. The summed E-state index contributed by atoms with van der Waals surface area (Å²) in [5.74, 6) is -1.72. The SMILES string of the molecule is COC(=O)C1=C(C(=O)OC)N(c2cc(F)ccc2OC)C=CC=C1. The standard InChI is InChI=1S/C17H16FNO5/c1-22-14-8-7-11(18)10-13(14)19-9-5-4-6-12(16(20)23-2)15(19)17(21)24-3/h4-10H,1-3H3. The fraction of sp³-hybridized carbons (Fsp3) is 0.176. The number of hydrogen-bond acceptors (Lipinski definition) is 6. The molecule has 24 heavy (non-hydrogen) atoms. The molecule has 1 aromatic carbocycles. The van der Waals surface area contributed by atoms with E-state index in [1.165, 1.54) is 56.7 Å². The molecule has 0 spiro atoms. The van der Waals surface area contributed by atoms with Crippen LogP contribution in [0.5, 0.6) is 5.75 Å². The number of halogens is 1. The van der Waals surface area contributed by atoms with Gasteiger partial charge in [0.2, 0.25) is 0 Å². The number of rotatable bonds is 4. The van der Waals surface area contributed by atoms with Crippen LogP contribution in [0.1, 0.15) is 0 Å². The van der Waals surface area contributed by atoms with Crippen LogP contribution in [-0.2, 0) is 19.1 Å². The van der Waals surface area contributed by atoms with Gasteiger partial charge in [-0.2, -0.15) is 0 Å². The Morgan fingerprint density at radius 1 is 1.04 bits per heavy atom. The minimum Gasteiger partial charge on any atom is -0.495 e. The molecule has 0 saturated heterocycles. The van der Waals surface area contributed by atoms with Gasteiger partial charge in [-0.1, -0.05) is 6.08 Å². The number of benzene rings is 1. The van der Waals surface area contributed by atoms with Crippen molar-refractivity contribution in [1.82, 2.24) is 0 Å². The molecule has 0 radical (unpaired) electrons. The van der Waals surface area contributed by atoms with Crippen molar-refractivity contribution < 1.29 is 28.2 Å². The Morgan fingerprint density at radius 3 is 2.38 bits per heavy atom. The van der Waals surface area contributed by atoms with E-state index in [0.29, 0.717) is 5.75 Å². The summed E-state index contributed by atoms with van der Waals surface area (Å²) in [7, 11) is 3.80. The van der Waals surface area contributed by atoms with Crippen molar-refractivity contribution in [1.29, 1.82) is 0 Å². The fourth-order valence-electron chi connectivity index (χ4n) is 2.20. The van der Waals surface area contributed by atoms with Gasteiger partial charge in [0, 0.05) is 12.3 Å². The van der Waals surface area contributed by atoms with E-state index < -0.39 is 17.8 Å². The Balaban J connectivity index is 2.72. The summed E-state index contributed by atoms with van der Waals surface area (Å²) in [6.45, 7) is 0. The van der Waals surface area contributed by atoms with E-state index in [-0.39, 0.29) is 17.0 Å². The number of allylic oxidation sites excluding steroid dienone is 2. The average Bonchev–Trinajstić information content (AvgIpc) is 2.83. The molecule has 0 amide bonds. The second-order valence-electron chi connectivity index (χ2n) is 4.63. The molecular formula is C17H16FNO5. The van der Waals surface area contributed by atoms with Crippen molar-refractivity contribution in [3.63, 3.8) is 0 Å². The number of carbonyl (C=O) groups is 2. The Morgan fingerprint density at radius 2 is 1.75 bits per heavy atom. The van der Waals surface area contributed by atoms with Gasteiger partial charge in [0.15, 0.2) is 0 Å². The van der Waals surface area contributed by atoms with Crippen LogP contribution < -0.4 is 9.64 Å². The van der Waals surface area contributed by atoms with Gasteiger partial charge in [-0.05, 0) is 24.3 Å². The third kappa shape index (κ3) is 3.29. The summed E-state index contributed by atoms with van der Waals surface area (Å²) >= 11 is 0. The Hall–Kier alpha value is -3.09. The van der Waals surface area contributed by atoms with Crippen LogP contribution in [0.25, 0.3) is 0 Å². The minimum atomic E-state index is -0.780. The molecule has 0 N–H and O–H groups in total. The maximum Gasteiger partial charge on any atom is 0.355 e. The summed E-state index contributed by atoms with van der Waals surface area (Å²) in [5.41, 5.74) is 0.0955. The molecule has 1 aliphatic rings. The number of methoxy groups -OCH3 is 3. The lowest BCUT2D eigenvalue weighted by atomic mass is 10.1. The van der Waals surface area contributed by atoms with E-state index in [1.807, 2.05) is 0 Å². The summed E-state index contributed by atoms with van der Waals surface area (Å²) in [4.78, 5) is 25.7. The van der Waals surface area contributed by atoms with E-state index in [9.17, 15) is 14.0 Å². The number of nitrogens with zero attached hydrogens (tertiary/aromatic N) is 1. The molecule has 0 fully saturated rings. The molecule has 0 aliphatic carbocycles. The molecule has 1 heterocycles. The molecule has 1 aromatic rings. The number of hydrogen-bond donors (Lipinski definition) is 0. The molecule has 0 unspecified atom stereocenters. The lowest BCUT2D eigenvalue weighted by Crippen LogP contribution is -2.27. The molecule has 126 valence electrons. The third-order valence-electron chi connectivity index (χ3n) is 3.29. The second-order valence-corrected chi connectivity index (χ2v) is 4.63. The number of ether oxygens (including phenoxy) is 3. The van der Waals surface area contributed by atoms with Gasteiger partial charge in [0.1, 0.15) is 17.3 Å². The molecule has 1 aliphatic heterocycles. The number of anilines is 1. The van der Waals surface area contributed by atoms with Crippen LogP contribution in [0, 0.1) is 5.82 Å². The average molecular weight is 333 g/mol. The highest BCUT2D eigenvalue weighted by Gasteiger charge is 2.29. The van der Waals surface area contributed by atoms with Crippen LogP contribution in [-0.4, -0.2) is 33.3 Å². The van der Waals surface area contributed by atoms with Gasteiger partial charge >= 0.3 is 11.9 Å². The zero-order valence-electron chi connectivity index (χ0n) is 13.4. The van der Waals surface area contributed by atoms with E-state index in [2.05, 4.69) is 0 Å². The number of esters is 2. The van der Waals surface area contributed by atoms with Gasteiger partial charge in [-0.3, -0.25) is 0 Å². The monoisotopic (exact) mass is 333 g/mol. The topological polar surface area (TPSA) is 65.1 Å². The van der Waals surface area contributed by atoms with Crippen molar-refractivity contribution in [2.75, 3.05) is 26.2 Å². The second kappa shape index (κ2) is 7.45. The van der Waals surface area contributed by atoms with Gasteiger partial charge in [0.05, 0.1) is 32.6 Å². The predicted molar refractivity (Wildman–Crippen MR) is 84.8 cm³/mol. The van der Waals surface area contributed by atoms with Crippen molar-refractivity contribution in [2.24, 2.45) is 0 Å². The highest BCUT2D eigenvalue weighted by Crippen LogP contribution is 2.34. The first-order chi connectivity index (χ1) is 11.5. The molecule has 7 heteroatoms. The maximum absolute atomic E-state index is 13.7. The van der Waals surface area contributed by atoms with Crippen LogP contribution in [0.3, 0.4) is 0 Å². The third-order valence-corrected chi connectivity index (χ3v) is 3.29. The first-order valence-corrected chi connectivity index (χ1v) is 6.92. The molecule has 6 nitrogen and oxygen atoms in total. The Kier molecular flexibility index (Phi) is 5.36. The zero-order valence-corrected chi connectivity index (χ0v) is 13.4. The minimum absolute atomic E-state index is 0.0272. The molecule has 0 bridgehead atoms. The van der Waals surface area contributed by atoms with Gasteiger partial charge in [-0.15, -0.1) is 0 Å². The van der Waals surface area contributed by atoms with E-state index in [1.54, 1.807) is 12.2 Å². The largest absolute Gasteiger partial charge is 0.495 e. The molecule has 0 saturated carbocycles. The summed E-state index contributed by atoms with van der Waals surface area (Å²) in [5, 5.41) is 0. The van der Waals surface area contributed by atoms with Gasteiger partial charge < -0.3 is 19.1 Å². The predicted octanol–water partition coefficient (Wildman–Crippen LogP) is 2.32. The van der Waals surface area contributed by atoms with Crippen molar-refractivity contribution in [2.45, 2.75) is 0 Å². The van der Waals surface area contributed by atoms with Crippen molar-refractivity contribution in [3.05, 3.63) is 59.7 Å². The highest BCUT2D eigenvalue weighted by molar-refractivity contribution is 6.05. The summed E-state index contributed by atoms with van der Waals surface area (Å²) in [6.07, 6.45) is 6.06.